The maximum atomic E-state index is 14.0. The molecule has 1 atom stereocenters. The van der Waals surface area contributed by atoms with E-state index >= 15 is 0 Å². The van der Waals surface area contributed by atoms with Crippen molar-refractivity contribution in [2.24, 2.45) is 0 Å². The van der Waals surface area contributed by atoms with Gasteiger partial charge >= 0.3 is 0 Å². The molecule has 1 heterocycles. The molecule has 0 saturated carbocycles. The van der Waals surface area contributed by atoms with Gasteiger partial charge in [0.2, 0.25) is 15.9 Å². The van der Waals surface area contributed by atoms with Crippen molar-refractivity contribution in [2.45, 2.75) is 19.9 Å². The van der Waals surface area contributed by atoms with Gasteiger partial charge in [0.05, 0.1) is 17.6 Å². The smallest absolute Gasteiger partial charge is 0.246 e. The van der Waals surface area contributed by atoms with E-state index in [-0.39, 0.29) is 11.7 Å². The molecular formula is C21H25ClFN3O3S. The molecule has 1 aliphatic rings. The zero-order chi connectivity index (χ0) is 22.1. The van der Waals surface area contributed by atoms with E-state index in [2.05, 4.69) is 0 Å². The van der Waals surface area contributed by atoms with E-state index in [1.807, 2.05) is 4.90 Å². The van der Waals surface area contributed by atoms with Gasteiger partial charge in [-0.2, -0.15) is 0 Å². The molecule has 30 heavy (non-hydrogen) atoms. The average Bonchev–Trinajstić information content (AvgIpc) is 2.69. The first kappa shape index (κ1) is 22.4. The van der Waals surface area contributed by atoms with Crippen molar-refractivity contribution in [1.29, 1.82) is 0 Å². The second-order valence-electron chi connectivity index (χ2n) is 7.43. The number of amides is 1. The number of aryl methyl sites for hydroxylation is 1. The maximum Gasteiger partial charge on any atom is 0.246 e. The highest BCUT2D eigenvalue weighted by Gasteiger charge is 2.34. The lowest BCUT2D eigenvalue weighted by Crippen LogP contribution is -2.55. The summed E-state index contributed by atoms with van der Waals surface area (Å²) in [6, 6.07) is 10.5. The van der Waals surface area contributed by atoms with E-state index < -0.39 is 16.1 Å². The zero-order valence-electron chi connectivity index (χ0n) is 17.2. The molecule has 0 unspecified atom stereocenters. The number of rotatable bonds is 5. The molecule has 0 aromatic heterocycles. The predicted molar refractivity (Wildman–Crippen MR) is 118 cm³/mol. The molecule has 1 amide bonds. The molecule has 1 saturated heterocycles. The van der Waals surface area contributed by atoms with Gasteiger partial charge in [0.25, 0.3) is 0 Å². The van der Waals surface area contributed by atoms with Gasteiger partial charge in [-0.05, 0) is 43.7 Å². The third-order valence-corrected chi connectivity index (χ3v) is 6.72. The van der Waals surface area contributed by atoms with Crippen LogP contribution in [0.4, 0.5) is 15.8 Å². The molecule has 9 heteroatoms. The molecule has 1 fully saturated rings. The normalized spacial score (nSPS) is 15.8. The third kappa shape index (κ3) is 4.70. The van der Waals surface area contributed by atoms with Gasteiger partial charge in [-0.1, -0.05) is 29.8 Å². The van der Waals surface area contributed by atoms with Gasteiger partial charge in [0, 0.05) is 31.2 Å². The maximum absolute atomic E-state index is 14.0. The highest BCUT2D eigenvalue weighted by Crippen LogP contribution is 2.29. The molecule has 6 nitrogen and oxygen atoms in total. The number of hydrogen-bond acceptors (Lipinski definition) is 4. The van der Waals surface area contributed by atoms with Crippen LogP contribution in [0.2, 0.25) is 5.02 Å². The standard InChI is InChI=1S/C21H25ClFN3O3S/c1-15-8-9-17(22)14-20(15)26(30(3,28)29)16(2)21(27)25-12-10-24(11-13-25)19-7-5-4-6-18(19)23/h4-9,14,16H,10-13H2,1-3H3/t16-/m1/s1. The molecule has 0 bridgehead atoms. The second-order valence-corrected chi connectivity index (χ2v) is 9.73. The van der Waals surface area contributed by atoms with Crippen LogP contribution in [-0.4, -0.2) is 57.7 Å². The minimum Gasteiger partial charge on any atom is -0.366 e. The molecule has 2 aromatic carbocycles. The van der Waals surface area contributed by atoms with Crippen LogP contribution in [0, 0.1) is 12.7 Å². The summed E-state index contributed by atoms with van der Waals surface area (Å²) >= 11 is 6.08. The first-order valence-electron chi connectivity index (χ1n) is 9.63. The number of para-hydroxylation sites is 1. The van der Waals surface area contributed by atoms with Crippen LogP contribution in [0.3, 0.4) is 0 Å². The molecule has 2 aromatic rings. The van der Waals surface area contributed by atoms with Gasteiger partial charge < -0.3 is 9.80 Å². The van der Waals surface area contributed by atoms with Gasteiger partial charge in [-0.3, -0.25) is 9.10 Å². The molecule has 0 aliphatic carbocycles. The van der Waals surface area contributed by atoms with Crippen LogP contribution >= 0.6 is 11.6 Å². The molecule has 162 valence electrons. The Labute approximate surface area is 181 Å². The summed E-state index contributed by atoms with van der Waals surface area (Å²) < 4.78 is 40.3. The third-order valence-electron chi connectivity index (χ3n) is 5.26. The number of sulfonamides is 1. The number of halogens is 2. The lowest BCUT2D eigenvalue weighted by Gasteiger charge is -2.39. The first-order valence-corrected chi connectivity index (χ1v) is 11.9. The quantitative estimate of drug-likeness (QED) is 0.697. The Kier molecular flexibility index (Phi) is 6.57. The van der Waals surface area contributed by atoms with E-state index in [0.717, 1.165) is 10.6 Å². The Morgan fingerprint density at radius 3 is 2.37 bits per heavy atom. The van der Waals surface area contributed by atoms with Crippen LogP contribution in [0.5, 0.6) is 0 Å². The van der Waals surface area contributed by atoms with Crippen molar-refractivity contribution < 1.29 is 17.6 Å². The summed E-state index contributed by atoms with van der Waals surface area (Å²) in [5.74, 6) is -0.599. The van der Waals surface area contributed by atoms with Crippen molar-refractivity contribution in [3.8, 4) is 0 Å². The van der Waals surface area contributed by atoms with Gasteiger partial charge in [-0.25, -0.2) is 12.8 Å². The number of anilines is 2. The Bertz CT molecular complexity index is 1040. The summed E-state index contributed by atoms with van der Waals surface area (Å²) in [7, 11) is -3.73. The molecule has 3 rings (SSSR count). The van der Waals surface area contributed by atoms with Crippen LogP contribution in [-0.2, 0) is 14.8 Å². The first-order chi connectivity index (χ1) is 14.1. The van der Waals surface area contributed by atoms with Crippen molar-refractivity contribution in [1.82, 2.24) is 4.90 Å². The Morgan fingerprint density at radius 1 is 1.13 bits per heavy atom. The number of benzene rings is 2. The number of hydrogen-bond donors (Lipinski definition) is 0. The summed E-state index contributed by atoms with van der Waals surface area (Å²) in [5.41, 5.74) is 1.59. The van der Waals surface area contributed by atoms with E-state index in [0.29, 0.717) is 48.1 Å². The van der Waals surface area contributed by atoms with Crippen molar-refractivity contribution in [2.75, 3.05) is 41.6 Å². The number of carbonyl (C=O) groups is 1. The number of piperazine rings is 1. The monoisotopic (exact) mass is 453 g/mol. The van der Waals surface area contributed by atoms with Crippen LogP contribution < -0.4 is 9.21 Å². The second kappa shape index (κ2) is 8.81. The van der Waals surface area contributed by atoms with Crippen molar-refractivity contribution in [3.05, 3.63) is 58.9 Å². The average molecular weight is 454 g/mol. The Balaban J connectivity index is 1.78. The lowest BCUT2D eigenvalue weighted by atomic mass is 10.1. The summed E-state index contributed by atoms with van der Waals surface area (Å²) in [6.45, 7) is 5.04. The molecule has 0 spiro atoms. The predicted octanol–water partition coefficient (Wildman–Crippen LogP) is 3.29. The fourth-order valence-corrected chi connectivity index (χ4v) is 5.12. The lowest BCUT2D eigenvalue weighted by molar-refractivity contribution is -0.132. The molecule has 0 radical (unpaired) electrons. The Hall–Kier alpha value is -2.32. The SMILES string of the molecule is Cc1ccc(Cl)cc1N([C@H](C)C(=O)N1CCN(c2ccccc2F)CC1)S(C)(=O)=O. The van der Waals surface area contributed by atoms with E-state index in [4.69, 9.17) is 11.6 Å². The number of carbonyl (C=O) groups excluding carboxylic acids is 1. The zero-order valence-corrected chi connectivity index (χ0v) is 18.8. The Morgan fingerprint density at radius 2 is 1.77 bits per heavy atom. The van der Waals surface area contributed by atoms with Crippen LogP contribution in [0.1, 0.15) is 12.5 Å². The van der Waals surface area contributed by atoms with E-state index in [1.54, 1.807) is 55.1 Å². The minimum atomic E-state index is -3.73. The fourth-order valence-electron chi connectivity index (χ4n) is 3.73. The fraction of sp³-hybridized carbons (Fsp3) is 0.381. The van der Waals surface area contributed by atoms with Gasteiger partial charge in [0.15, 0.2) is 0 Å². The number of nitrogens with zero attached hydrogens (tertiary/aromatic N) is 3. The van der Waals surface area contributed by atoms with Crippen molar-refractivity contribution >= 4 is 38.9 Å². The molecular weight excluding hydrogens is 429 g/mol. The van der Waals surface area contributed by atoms with Crippen molar-refractivity contribution in [3.63, 3.8) is 0 Å². The van der Waals surface area contributed by atoms with Crippen LogP contribution in [0.15, 0.2) is 42.5 Å². The van der Waals surface area contributed by atoms with E-state index in [1.165, 1.54) is 6.07 Å². The summed E-state index contributed by atoms with van der Waals surface area (Å²) in [6.07, 6.45) is 1.08. The minimum absolute atomic E-state index is 0.298. The highest BCUT2D eigenvalue weighted by molar-refractivity contribution is 7.92. The molecule has 1 aliphatic heterocycles. The van der Waals surface area contributed by atoms with Gasteiger partial charge in [0.1, 0.15) is 11.9 Å². The van der Waals surface area contributed by atoms with Gasteiger partial charge in [-0.15, -0.1) is 0 Å². The van der Waals surface area contributed by atoms with E-state index in [9.17, 15) is 17.6 Å². The van der Waals surface area contributed by atoms with Crippen LogP contribution in [0.25, 0.3) is 0 Å². The topological polar surface area (TPSA) is 60.9 Å². The summed E-state index contributed by atoms with van der Waals surface area (Å²) in [4.78, 5) is 16.7. The highest BCUT2D eigenvalue weighted by atomic mass is 35.5. The summed E-state index contributed by atoms with van der Waals surface area (Å²) in [5, 5.41) is 0.391. The largest absolute Gasteiger partial charge is 0.366 e. The molecule has 0 N–H and O–H groups in total.